The first-order valence-electron chi connectivity index (χ1n) is 6.41. The van der Waals surface area contributed by atoms with Gasteiger partial charge >= 0.3 is 0 Å². The summed E-state index contributed by atoms with van der Waals surface area (Å²) in [4.78, 5) is 16.8. The molecule has 1 aromatic heterocycles. The molecule has 2 aromatic rings. The van der Waals surface area contributed by atoms with Crippen LogP contribution in [0.3, 0.4) is 0 Å². The van der Waals surface area contributed by atoms with Crippen LogP contribution in [0.5, 0.6) is 0 Å². The van der Waals surface area contributed by atoms with Crippen molar-refractivity contribution in [1.82, 2.24) is 10.3 Å². The molecule has 1 heterocycles. The Labute approximate surface area is 149 Å². The standard InChI is InChI=1S/C14H15Cl2N3OS.ClH/c1-17-5-4-13(20)19-14-18-8-11(21-14)7-9-6-10(15)2-3-12(9)16;/h2-3,6,8,17H,4-5,7H2,1H3,(H,18,19,20);1H. The van der Waals surface area contributed by atoms with E-state index in [2.05, 4.69) is 15.6 Å². The lowest BCUT2D eigenvalue weighted by Gasteiger charge is -2.02. The quantitative estimate of drug-likeness (QED) is 0.796. The fourth-order valence-electron chi connectivity index (χ4n) is 1.73. The molecular weight excluding hydrogens is 365 g/mol. The van der Waals surface area contributed by atoms with E-state index < -0.39 is 0 Å². The molecule has 0 spiro atoms. The number of carbonyl (C=O) groups is 1. The first kappa shape index (κ1) is 19.2. The predicted octanol–water partition coefficient (Wildman–Crippen LogP) is 4.01. The van der Waals surface area contributed by atoms with E-state index in [0.29, 0.717) is 34.6 Å². The van der Waals surface area contributed by atoms with Crippen LogP contribution in [0.2, 0.25) is 10.0 Å². The summed E-state index contributed by atoms with van der Waals surface area (Å²) in [7, 11) is 1.81. The van der Waals surface area contributed by atoms with Gasteiger partial charge in [0.05, 0.1) is 0 Å². The fraction of sp³-hybridized carbons (Fsp3) is 0.286. The molecule has 1 amide bonds. The molecule has 0 aliphatic heterocycles. The highest BCUT2D eigenvalue weighted by molar-refractivity contribution is 7.15. The van der Waals surface area contributed by atoms with Crippen LogP contribution in [0.4, 0.5) is 5.13 Å². The second-order valence-corrected chi connectivity index (χ2v) is 6.40. The van der Waals surface area contributed by atoms with Crippen molar-refractivity contribution < 1.29 is 4.79 Å². The topological polar surface area (TPSA) is 54.0 Å². The van der Waals surface area contributed by atoms with Gasteiger partial charge in [0.25, 0.3) is 0 Å². The molecule has 0 saturated heterocycles. The number of halogens is 3. The fourth-order valence-corrected chi connectivity index (χ4v) is 2.96. The summed E-state index contributed by atoms with van der Waals surface area (Å²) < 4.78 is 0. The van der Waals surface area contributed by atoms with E-state index in [1.54, 1.807) is 18.3 Å². The zero-order valence-corrected chi connectivity index (χ0v) is 15.0. The number of carbonyl (C=O) groups excluding carboxylic acids is 1. The molecule has 1 aromatic carbocycles. The molecule has 8 heteroatoms. The highest BCUT2D eigenvalue weighted by atomic mass is 35.5. The lowest BCUT2D eigenvalue weighted by molar-refractivity contribution is -0.116. The number of aromatic nitrogens is 1. The van der Waals surface area contributed by atoms with Gasteiger partial charge in [-0.15, -0.1) is 23.7 Å². The lowest BCUT2D eigenvalue weighted by Crippen LogP contribution is -2.18. The summed E-state index contributed by atoms with van der Waals surface area (Å²) in [5, 5.41) is 7.63. The largest absolute Gasteiger partial charge is 0.319 e. The van der Waals surface area contributed by atoms with Crippen LogP contribution in [0.15, 0.2) is 24.4 Å². The number of anilines is 1. The van der Waals surface area contributed by atoms with Crippen molar-refractivity contribution in [2.24, 2.45) is 0 Å². The third-order valence-corrected chi connectivity index (χ3v) is 4.29. The van der Waals surface area contributed by atoms with Crippen molar-refractivity contribution in [3.05, 3.63) is 44.9 Å². The Morgan fingerprint density at radius 3 is 2.86 bits per heavy atom. The predicted molar refractivity (Wildman–Crippen MR) is 95.8 cm³/mol. The number of thiazole rings is 1. The van der Waals surface area contributed by atoms with Crippen molar-refractivity contribution >= 4 is 58.0 Å². The molecule has 0 fully saturated rings. The summed E-state index contributed by atoms with van der Waals surface area (Å²) >= 11 is 13.6. The molecule has 120 valence electrons. The minimum absolute atomic E-state index is 0. The van der Waals surface area contributed by atoms with E-state index in [9.17, 15) is 4.79 Å². The lowest BCUT2D eigenvalue weighted by atomic mass is 10.1. The zero-order valence-electron chi connectivity index (χ0n) is 11.9. The summed E-state index contributed by atoms with van der Waals surface area (Å²) in [6.45, 7) is 0.641. The smallest absolute Gasteiger partial charge is 0.227 e. The highest BCUT2D eigenvalue weighted by Crippen LogP contribution is 2.26. The third kappa shape index (κ3) is 5.74. The van der Waals surface area contributed by atoms with Crippen LogP contribution >= 0.6 is 46.9 Å². The van der Waals surface area contributed by atoms with Crippen LogP contribution in [-0.4, -0.2) is 24.5 Å². The summed E-state index contributed by atoms with van der Waals surface area (Å²) in [5.74, 6) is -0.0500. The maximum atomic E-state index is 11.6. The van der Waals surface area contributed by atoms with E-state index in [4.69, 9.17) is 23.2 Å². The Morgan fingerprint density at radius 1 is 1.36 bits per heavy atom. The minimum atomic E-state index is -0.0500. The number of hydrogen-bond donors (Lipinski definition) is 2. The second-order valence-electron chi connectivity index (χ2n) is 4.45. The molecule has 0 saturated carbocycles. The van der Waals surface area contributed by atoms with Crippen molar-refractivity contribution in [2.75, 3.05) is 18.9 Å². The number of nitrogens with zero attached hydrogens (tertiary/aromatic N) is 1. The molecular formula is C14H16Cl3N3OS. The summed E-state index contributed by atoms with van der Waals surface area (Å²) in [6.07, 6.45) is 2.81. The van der Waals surface area contributed by atoms with Crippen LogP contribution < -0.4 is 10.6 Å². The van der Waals surface area contributed by atoms with Crippen molar-refractivity contribution in [3.8, 4) is 0 Å². The molecule has 0 atom stereocenters. The van der Waals surface area contributed by atoms with E-state index in [1.165, 1.54) is 11.3 Å². The number of nitrogens with one attached hydrogen (secondary N) is 2. The normalized spacial score (nSPS) is 10.1. The Balaban J connectivity index is 0.00000242. The molecule has 0 unspecified atom stereocenters. The number of benzene rings is 1. The molecule has 22 heavy (non-hydrogen) atoms. The van der Waals surface area contributed by atoms with E-state index >= 15 is 0 Å². The van der Waals surface area contributed by atoms with Gasteiger partial charge in [-0.25, -0.2) is 4.98 Å². The SMILES string of the molecule is CNCCC(=O)Nc1ncc(Cc2cc(Cl)ccc2Cl)s1.Cl. The van der Waals surface area contributed by atoms with Crippen LogP contribution in [0, 0.1) is 0 Å². The summed E-state index contributed by atoms with van der Waals surface area (Å²) in [5.41, 5.74) is 0.945. The van der Waals surface area contributed by atoms with Crippen molar-refractivity contribution in [2.45, 2.75) is 12.8 Å². The average Bonchev–Trinajstić information content (AvgIpc) is 2.88. The highest BCUT2D eigenvalue weighted by Gasteiger charge is 2.09. The van der Waals surface area contributed by atoms with Crippen LogP contribution in [-0.2, 0) is 11.2 Å². The third-order valence-electron chi connectivity index (χ3n) is 2.77. The number of hydrogen-bond acceptors (Lipinski definition) is 4. The zero-order chi connectivity index (χ0) is 15.2. The molecule has 0 radical (unpaired) electrons. The maximum absolute atomic E-state index is 11.6. The number of amides is 1. The monoisotopic (exact) mass is 379 g/mol. The first-order valence-corrected chi connectivity index (χ1v) is 7.99. The molecule has 0 aliphatic carbocycles. The van der Waals surface area contributed by atoms with Gasteiger partial charge in [0, 0.05) is 40.5 Å². The van der Waals surface area contributed by atoms with Gasteiger partial charge < -0.3 is 10.6 Å². The molecule has 0 aliphatic rings. The second kappa shape index (κ2) is 9.33. The van der Waals surface area contributed by atoms with Crippen molar-refractivity contribution in [3.63, 3.8) is 0 Å². The molecule has 0 bridgehead atoms. The van der Waals surface area contributed by atoms with Gasteiger partial charge in [0.1, 0.15) is 0 Å². The van der Waals surface area contributed by atoms with Crippen molar-refractivity contribution in [1.29, 1.82) is 0 Å². The van der Waals surface area contributed by atoms with Gasteiger partial charge in [-0.05, 0) is 30.8 Å². The van der Waals surface area contributed by atoms with Crippen LogP contribution in [0.25, 0.3) is 0 Å². The van der Waals surface area contributed by atoms with Gasteiger partial charge in [0.15, 0.2) is 5.13 Å². The maximum Gasteiger partial charge on any atom is 0.227 e. The van der Waals surface area contributed by atoms with Gasteiger partial charge in [0.2, 0.25) is 5.91 Å². The van der Waals surface area contributed by atoms with E-state index in [0.717, 1.165) is 10.4 Å². The van der Waals surface area contributed by atoms with Gasteiger partial charge in [-0.1, -0.05) is 23.2 Å². The molecule has 2 N–H and O–H groups in total. The van der Waals surface area contributed by atoms with Crippen LogP contribution in [0.1, 0.15) is 16.9 Å². The Kier molecular flexibility index (Phi) is 8.14. The van der Waals surface area contributed by atoms with Gasteiger partial charge in [-0.2, -0.15) is 0 Å². The Bertz CT molecular complexity index is 634. The van der Waals surface area contributed by atoms with E-state index in [-0.39, 0.29) is 18.3 Å². The Morgan fingerprint density at radius 2 is 2.14 bits per heavy atom. The van der Waals surface area contributed by atoms with E-state index in [1.807, 2.05) is 13.1 Å². The van der Waals surface area contributed by atoms with Gasteiger partial charge in [-0.3, -0.25) is 4.79 Å². The average molecular weight is 381 g/mol. The number of rotatable bonds is 6. The molecule has 4 nitrogen and oxygen atoms in total. The Hall–Kier alpha value is -0.850. The first-order chi connectivity index (χ1) is 10.1. The molecule has 2 rings (SSSR count). The minimum Gasteiger partial charge on any atom is -0.319 e. The summed E-state index contributed by atoms with van der Waals surface area (Å²) in [6, 6.07) is 5.38.